The van der Waals surface area contributed by atoms with Gasteiger partial charge in [0.15, 0.2) is 0 Å². The van der Waals surface area contributed by atoms with Gasteiger partial charge in [-0.05, 0) is 41.8 Å². The van der Waals surface area contributed by atoms with E-state index < -0.39 is 21.8 Å². The third-order valence-electron chi connectivity index (χ3n) is 5.77. The Hall–Kier alpha value is -4.24. The molecule has 8 nitrogen and oxygen atoms in total. The van der Waals surface area contributed by atoms with Crippen molar-refractivity contribution in [2.24, 2.45) is 0 Å². The standard InChI is InChI=1S/C26H21N3O5S/c30-25-27-23(20-9-5-2-6-10-20)14-16-29(25)35(32,33)22-11-12-24-21(17-22)13-15-28(24)26(31)34-18-19-7-3-1-4-8-19/h1-12,14,16-17H,13,15,18H2. The van der Waals surface area contributed by atoms with Crippen LogP contribution in [-0.4, -0.2) is 30.0 Å². The average molecular weight is 488 g/mol. The molecule has 1 aliphatic rings. The van der Waals surface area contributed by atoms with Crippen LogP contribution in [0.1, 0.15) is 11.1 Å². The van der Waals surface area contributed by atoms with E-state index >= 15 is 0 Å². The van der Waals surface area contributed by atoms with E-state index in [1.54, 1.807) is 18.2 Å². The number of rotatable bonds is 5. The first-order chi connectivity index (χ1) is 16.9. The van der Waals surface area contributed by atoms with Gasteiger partial charge in [0.1, 0.15) is 6.61 Å². The second kappa shape index (κ2) is 9.19. The van der Waals surface area contributed by atoms with E-state index in [0.29, 0.717) is 39.4 Å². The molecule has 0 atom stereocenters. The van der Waals surface area contributed by atoms with Gasteiger partial charge in [-0.1, -0.05) is 60.7 Å². The minimum atomic E-state index is -4.17. The monoisotopic (exact) mass is 487 g/mol. The molecule has 0 saturated carbocycles. The number of hydrogen-bond acceptors (Lipinski definition) is 6. The number of benzene rings is 3. The summed E-state index contributed by atoms with van der Waals surface area (Å²) in [6.45, 7) is 0.520. The van der Waals surface area contributed by atoms with Gasteiger partial charge < -0.3 is 4.74 Å². The van der Waals surface area contributed by atoms with Gasteiger partial charge in [-0.2, -0.15) is 8.96 Å². The second-order valence-electron chi connectivity index (χ2n) is 7.99. The fraction of sp³-hybridized carbons (Fsp3) is 0.115. The van der Waals surface area contributed by atoms with Gasteiger partial charge >= 0.3 is 11.8 Å². The molecule has 1 amide bonds. The molecule has 0 fully saturated rings. The van der Waals surface area contributed by atoms with Crippen molar-refractivity contribution in [3.05, 3.63) is 113 Å². The van der Waals surface area contributed by atoms with Crippen molar-refractivity contribution in [2.45, 2.75) is 17.9 Å². The maximum atomic E-state index is 13.2. The lowest BCUT2D eigenvalue weighted by Gasteiger charge is -2.17. The van der Waals surface area contributed by atoms with Gasteiger partial charge in [-0.25, -0.2) is 18.0 Å². The Kier molecular flexibility index (Phi) is 5.92. The molecule has 0 unspecified atom stereocenters. The van der Waals surface area contributed by atoms with Crippen LogP contribution < -0.4 is 10.6 Å². The maximum absolute atomic E-state index is 13.2. The fourth-order valence-electron chi connectivity index (χ4n) is 3.98. The molecule has 9 heteroatoms. The number of ether oxygens (including phenoxy) is 1. The summed E-state index contributed by atoms with van der Waals surface area (Å²) in [6.07, 6.45) is 1.19. The molecular formula is C26H21N3O5S. The molecule has 0 spiro atoms. The summed E-state index contributed by atoms with van der Waals surface area (Å²) in [7, 11) is -4.17. The van der Waals surface area contributed by atoms with Crippen LogP contribution in [0.4, 0.5) is 10.5 Å². The van der Waals surface area contributed by atoms with E-state index in [1.165, 1.54) is 29.3 Å². The van der Waals surface area contributed by atoms with Crippen LogP contribution in [0.5, 0.6) is 0 Å². The van der Waals surface area contributed by atoms with Crippen molar-refractivity contribution < 1.29 is 17.9 Å². The van der Waals surface area contributed by atoms with Crippen molar-refractivity contribution >= 4 is 21.8 Å². The van der Waals surface area contributed by atoms with Gasteiger partial charge in [0.05, 0.1) is 16.3 Å². The van der Waals surface area contributed by atoms with Gasteiger partial charge in [0.2, 0.25) is 0 Å². The van der Waals surface area contributed by atoms with Gasteiger partial charge in [-0.15, -0.1) is 0 Å². The van der Waals surface area contributed by atoms with Crippen LogP contribution in [0.3, 0.4) is 0 Å². The van der Waals surface area contributed by atoms with Crippen LogP contribution in [0.25, 0.3) is 11.3 Å². The molecule has 5 rings (SSSR count). The highest BCUT2D eigenvalue weighted by Gasteiger charge is 2.28. The molecule has 0 bridgehead atoms. The molecule has 3 aromatic carbocycles. The molecule has 1 aromatic heterocycles. The Morgan fingerprint density at radius 2 is 1.66 bits per heavy atom. The summed E-state index contributed by atoms with van der Waals surface area (Å²) in [5, 5.41) is 0. The van der Waals surface area contributed by atoms with Crippen molar-refractivity contribution in [3.63, 3.8) is 0 Å². The Bertz CT molecular complexity index is 1550. The predicted octanol–water partition coefficient (Wildman–Crippen LogP) is 3.85. The molecule has 176 valence electrons. The Balaban J connectivity index is 1.37. The van der Waals surface area contributed by atoms with E-state index in [2.05, 4.69) is 4.98 Å². The average Bonchev–Trinajstić information content (AvgIpc) is 3.32. The zero-order valence-electron chi connectivity index (χ0n) is 18.6. The first kappa shape index (κ1) is 22.5. The lowest BCUT2D eigenvalue weighted by molar-refractivity contribution is 0.147. The number of fused-ring (bicyclic) bond motifs is 1. The summed E-state index contributed by atoms with van der Waals surface area (Å²) in [5.74, 6) is 0. The fourth-order valence-corrected chi connectivity index (χ4v) is 5.21. The maximum Gasteiger partial charge on any atom is 0.414 e. The highest BCUT2D eigenvalue weighted by molar-refractivity contribution is 7.90. The molecule has 0 saturated heterocycles. The summed E-state index contributed by atoms with van der Waals surface area (Å²) >= 11 is 0. The van der Waals surface area contributed by atoms with E-state index in [0.717, 1.165) is 5.56 Å². The van der Waals surface area contributed by atoms with Crippen molar-refractivity contribution in [1.29, 1.82) is 0 Å². The van der Waals surface area contributed by atoms with Crippen LogP contribution in [-0.2, 0) is 27.8 Å². The number of carbonyl (C=O) groups excluding carboxylic acids is 1. The highest BCUT2D eigenvalue weighted by Crippen LogP contribution is 2.31. The molecular weight excluding hydrogens is 466 g/mol. The first-order valence-corrected chi connectivity index (χ1v) is 12.4. The first-order valence-electron chi connectivity index (χ1n) is 11.0. The summed E-state index contributed by atoms with van der Waals surface area (Å²) in [5.41, 5.74) is 2.36. The second-order valence-corrected chi connectivity index (χ2v) is 9.81. The number of carbonyl (C=O) groups is 1. The van der Waals surface area contributed by atoms with Crippen molar-refractivity contribution in [3.8, 4) is 11.3 Å². The number of amides is 1. The predicted molar refractivity (Wildman–Crippen MR) is 131 cm³/mol. The third-order valence-corrected chi connectivity index (χ3v) is 7.42. The van der Waals surface area contributed by atoms with Crippen molar-refractivity contribution in [2.75, 3.05) is 11.4 Å². The third kappa shape index (κ3) is 4.45. The highest BCUT2D eigenvalue weighted by atomic mass is 32.2. The van der Waals surface area contributed by atoms with Crippen molar-refractivity contribution in [1.82, 2.24) is 8.96 Å². The quantitative estimate of drug-likeness (QED) is 0.424. The molecule has 0 aliphatic carbocycles. The van der Waals surface area contributed by atoms with Crippen LogP contribution >= 0.6 is 0 Å². The number of anilines is 1. The lowest BCUT2D eigenvalue weighted by Crippen LogP contribution is -2.30. The Morgan fingerprint density at radius 3 is 2.37 bits per heavy atom. The Labute approximate surface area is 202 Å². The SMILES string of the molecule is O=C(OCc1ccccc1)N1CCc2cc(S(=O)(=O)n3ccc(-c4ccccc4)nc3=O)ccc21. The van der Waals surface area contributed by atoms with Gasteiger partial charge in [-0.3, -0.25) is 4.90 Å². The van der Waals surface area contributed by atoms with Crippen LogP contribution in [0.15, 0.2) is 101 Å². The normalized spacial score (nSPS) is 12.9. The molecule has 35 heavy (non-hydrogen) atoms. The lowest BCUT2D eigenvalue weighted by atomic mass is 10.1. The Morgan fingerprint density at radius 1 is 0.943 bits per heavy atom. The van der Waals surface area contributed by atoms with Gasteiger partial charge in [0.25, 0.3) is 10.0 Å². The summed E-state index contributed by atoms with van der Waals surface area (Å²) in [6, 6.07) is 24.3. The molecule has 0 N–H and O–H groups in total. The zero-order chi connectivity index (χ0) is 24.4. The minimum Gasteiger partial charge on any atom is -0.444 e. The van der Waals surface area contributed by atoms with Gasteiger partial charge in [0, 0.05) is 18.3 Å². The van der Waals surface area contributed by atoms with Crippen LogP contribution in [0, 0.1) is 0 Å². The topological polar surface area (TPSA) is 98.6 Å². The zero-order valence-corrected chi connectivity index (χ0v) is 19.4. The number of aromatic nitrogens is 2. The molecule has 1 aliphatic heterocycles. The van der Waals surface area contributed by atoms with E-state index in [4.69, 9.17) is 4.74 Å². The molecule has 2 heterocycles. The molecule has 0 radical (unpaired) electrons. The smallest absolute Gasteiger partial charge is 0.414 e. The summed E-state index contributed by atoms with van der Waals surface area (Å²) in [4.78, 5) is 30.6. The van der Waals surface area contributed by atoms with E-state index in [-0.39, 0.29) is 11.5 Å². The van der Waals surface area contributed by atoms with Crippen LogP contribution in [0.2, 0.25) is 0 Å². The van der Waals surface area contributed by atoms with E-state index in [9.17, 15) is 18.0 Å². The number of nitrogens with zero attached hydrogens (tertiary/aromatic N) is 3. The largest absolute Gasteiger partial charge is 0.444 e. The molecule has 4 aromatic rings. The summed E-state index contributed by atoms with van der Waals surface area (Å²) < 4.78 is 32.4. The van der Waals surface area contributed by atoms with E-state index in [1.807, 2.05) is 48.5 Å². The number of hydrogen-bond donors (Lipinski definition) is 0. The minimum absolute atomic E-state index is 0.0490.